The molecule has 9 nitrogen and oxygen atoms in total. The molecular weight excluding hydrogens is 418 g/mol. The Balaban J connectivity index is 1.76. The minimum absolute atomic E-state index is 0.0762. The maximum atomic E-state index is 13.3. The molecule has 0 atom stereocenters. The van der Waals surface area contributed by atoms with E-state index in [-0.39, 0.29) is 16.5 Å². The summed E-state index contributed by atoms with van der Waals surface area (Å²) < 4.78 is 35.1. The second kappa shape index (κ2) is 9.69. The van der Waals surface area contributed by atoms with Crippen molar-refractivity contribution in [3.63, 3.8) is 0 Å². The van der Waals surface area contributed by atoms with Crippen LogP contribution >= 0.6 is 0 Å². The molecule has 3 rings (SSSR count). The van der Waals surface area contributed by atoms with Crippen molar-refractivity contribution in [1.29, 1.82) is 0 Å². The van der Waals surface area contributed by atoms with E-state index in [9.17, 15) is 13.2 Å². The van der Waals surface area contributed by atoms with E-state index in [0.29, 0.717) is 39.3 Å². The molecule has 1 aromatic heterocycles. The Labute approximate surface area is 184 Å². The molecule has 0 radical (unpaired) electrons. The number of nitrogens with one attached hydrogen (secondary N) is 1. The first-order valence-electron chi connectivity index (χ1n) is 10.5. The second-order valence-corrected chi connectivity index (χ2v) is 9.77. The number of amides is 1. The van der Waals surface area contributed by atoms with E-state index in [1.807, 2.05) is 45.0 Å². The van der Waals surface area contributed by atoms with E-state index < -0.39 is 15.9 Å². The summed E-state index contributed by atoms with van der Waals surface area (Å²) in [6.45, 7) is 8.55. The highest BCUT2D eigenvalue weighted by Gasteiger charge is 2.34. The number of aryl methyl sites for hydroxylation is 1. The molecule has 1 aliphatic heterocycles. The van der Waals surface area contributed by atoms with E-state index in [1.165, 1.54) is 15.2 Å². The van der Waals surface area contributed by atoms with Gasteiger partial charge in [0, 0.05) is 46.0 Å². The summed E-state index contributed by atoms with van der Waals surface area (Å²) in [6, 6.07) is 7.75. The molecule has 1 aliphatic rings. The van der Waals surface area contributed by atoms with Crippen molar-refractivity contribution in [2.24, 2.45) is 13.0 Å². The summed E-state index contributed by atoms with van der Waals surface area (Å²) >= 11 is 0. The van der Waals surface area contributed by atoms with Gasteiger partial charge in [-0.2, -0.15) is 9.40 Å². The molecule has 1 aromatic carbocycles. The first-order valence-corrected chi connectivity index (χ1v) is 12.0. The number of para-hydroxylation sites is 2. The largest absolute Gasteiger partial charge is 0.492 e. The van der Waals surface area contributed by atoms with Crippen LogP contribution in [0.25, 0.3) is 0 Å². The number of benzene rings is 1. The fourth-order valence-corrected chi connectivity index (χ4v) is 5.04. The van der Waals surface area contributed by atoms with Gasteiger partial charge >= 0.3 is 0 Å². The molecule has 0 saturated carbocycles. The van der Waals surface area contributed by atoms with E-state index in [0.717, 1.165) is 11.4 Å². The fraction of sp³-hybridized carbons (Fsp3) is 0.524. The number of nitrogens with zero attached hydrogens (tertiary/aromatic N) is 4. The van der Waals surface area contributed by atoms with Crippen LogP contribution in [0.5, 0.6) is 5.75 Å². The van der Waals surface area contributed by atoms with Crippen molar-refractivity contribution in [2.45, 2.75) is 25.8 Å². The summed E-state index contributed by atoms with van der Waals surface area (Å²) in [4.78, 5) is 14.7. The van der Waals surface area contributed by atoms with Crippen LogP contribution in [0.15, 0.2) is 35.5 Å². The van der Waals surface area contributed by atoms with Crippen LogP contribution in [0.2, 0.25) is 0 Å². The van der Waals surface area contributed by atoms with Crippen molar-refractivity contribution >= 4 is 21.6 Å². The van der Waals surface area contributed by atoms with Gasteiger partial charge in [0.15, 0.2) is 0 Å². The molecule has 2 aromatic rings. The number of hydrogen-bond acceptors (Lipinski definition) is 6. The molecule has 1 saturated heterocycles. The van der Waals surface area contributed by atoms with Crippen molar-refractivity contribution in [3.05, 3.63) is 36.0 Å². The molecule has 10 heteroatoms. The van der Waals surface area contributed by atoms with Gasteiger partial charge in [-0.25, -0.2) is 8.42 Å². The molecule has 0 spiro atoms. The zero-order chi connectivity index (χ0) is 22.6. The average Bonchev–Trinajstić information content (AvgIpc) is 3.15. The van der Waals surface area contributed by atoms with Crippen molar-refractivity contribution in [3.8, 4) is 5.75 Å². The molecule has 1 N–H and O–H groups in total. The number of carbonyl (C=O) groups excluding carboxylic acids is 1. The van der Waals surface area contributed by atoms with Gasteiger partial charge in [-0.15, -0.1) is 0 Å². The summed E-state index contributed by atoms with van der Waals surface area (Å²) in [5, 5.41) is 6.70. The third kappa shape index (κ3) is 5.19. The van der Waals surface area contributed by atoms with E-state index in [2.05, 4.69) is 15.3 Å². The first-order chi connectivity index (χ1) is 14.7. The van der Waals surface area contributed by atoms with Crippen molar-refractivity contribution in [2.75, 3.05) is 44.2 Å². The summed E-state index contributed by atoms with van der Waals surface area (Å²) in [6.07, 6.45) is 1.46. The molecule has 31 heavy (non-hydrogen) atoms. The number of rotatable bonds is 8. The third-order valence-corrected chi connectivity index (χ3v) is 6.87. The highest BCUT2D eigenvalue weighted by molar-refractivity contribution is 7.89. The van der Waals surface area contributed by atoms with Gasteiger partial charge in [0.2, 0.25) is 5.03 Å². The Bertz CT molecular complexity index is 1010. The molecule has 0 bridgehead atoms. The highest BCUT2D eigenvalue weighted by Crippen LogP contribution is 2.30. The number of hydrogen-bond donors (Lipinski definition) is 1. The Hall–Kier alpha value is -2.59. The van der Waals surface area contributed by atoms with Crippen LogP contribution in [0.1, 0.15) is 31.1 Å². The quantitative estimate of drug-likeness (QED) is 0.659. The summed E-state index contributed by atoms with van der Waals surface area (Å²) in [7, 11) is -2.29. The van der Waals surface area contributed by atoms with Crippen LogP contribution in [0.3, 0.4) is 0 Å². The minimum Gasteiger partial charge on any atom is -0.492 e. The van der Waals surface area contributed by atoms with E-state index in [4.69, 9.17) is 4.74 Å². The van der Waals surface area contributed by atoms with Gasteiger partial charge < -0.3 is 15.0 Å². The maximum absolute atomic E-state index is 13.3. The zero-order valence-electron chi connectivity index (χ0n) is 18.5. The van der Waals surface area contributed by atoms with Crippen molar-refractivity contribution < 1.29 is 17.9 Å². The normalized spacial score (nSPS) is 15.3. The third-order valence-electron chi connectivity index (χ3n) is 5.04. The predicted molar refractivity (Wildman–Crippen MR) is 119 cm³/mol. The number of aromatic nitrogens is 2. The smallest absolute Gasteiger partial charge is 0.263 e. The maximum Gasteiger partial charge on any atom is 0.263 e. The van der Waals surface area contributed by atoms with Crippen LogP contribution in [0.4, 0.5) is 5.69 Å². The number of ether oxygens (including phenoxy) is 1. The highest BCUT2D eigenvalue weighted by atomic mass is 32.2. The monoisotopic (exact) mass is 449 g/mol. The lowest BCUT2D eigenvalue weighted by Gasteiger charge is -2.35. The predicted octanol–water partition coefficient (Wildman–Crippen LogP) is 1.72. The van der Waals surface area contributed by atoms with Gasteiger partial charge in [-0.05, 0) is 25.0 Å². The topological polar surface area (TPSA) is 96.8 Å². The molecule has 2 heterocycles. The molecule has 1 amide bonds. The summed E-state index contributed by atoms with van der Waals surface area (Å²) in [5.74, 6) is 0.619. The Kier molecular flexibility index (Phi) is 7.22. The van der Waals surface area contributed by atoms with Gasteiger partial charge in [0.05, 0.1) is 17.9 Å². The second-order valence-electron chi connectivity index (χ2n) is 7.92. The minimum atomic E-state index is -3.90. The lowest BCUT2D eigenvalue weighted by Crippen LogP contribution is -2.49. The van der Waals surface area contributed by atoms with Crippen LogP contribution in [-0.2, 0) is 17.1 Å². The molecule has 170 valence electrons. The molecule has 0 aliphatic carbocycles. The standard InChI is InChI=1S/C21H31N5O4S/c1-5-30-19-9-7-6-8-18(19)25-10-12-26(13-11-25)31(28,29)21-17(15-24(4)23-21)20(27)22-14-16(2)3/h6-9,15-16H,5,10-14H2,1-4H3,(H,22,27). The van der Waals surface area contributed by atoms with Crippen molar-refractivity contribution in [1.82, 2.24) is 19.4 Å². The Morgan fingerprint density at radius 3 is 2.52 bits per heavy atom. The fourth-order valence-electron chi connectivity index (χ4n) is 3.49. The lowest BCUT2D eigenvalue weighted by molar-refractivity contribution is 0.0945. The number of anilines is 1. The molecule has 0 unspecified atom stereocenters. The molecule has 1 fully saturated rings. The van der Waals surface area contributed by atoms with Gasteiger partial charge in [0.25, 0.3) is 15.9 Å². The van der Waals surface area contributed by atoms with E-state index in [1.54, 1.807) is 7.05 Å². The van der Waals surface area contributed by atoms with Gasteiger partial charge in [-0.1, -0.05) is 26.0 Å². The Morgan fingerprint density at radius 2 is 1.87 bits per heavy atom. The van der Waals surface area contributed by atoms with Crippen LogP contribution in [0, 0.1) is 5.92 Å². The van der Waals surface area contributed by atoms with Gasteiger partial charge in [0.1, 0.15) is 5.75 Å². The SMILES string of the molecule is CCOc1ccccc1N1CCN(S(=O)(=O)c2nn(C)cc2C(=O)NCC(C)C)CC1. The molecular formula is C21H31N5O4S. The Morgan fingerprint density at radius 1 is 1.19 bits per heavy atom. The van der Waals surface area contributed by atoms with Crippen LogP contribution in [-0.4, -0.2) is 67.7 Å². The zero-order valence-corrected chi connectivity index (χ0v) is 19.4. The number of sulfonamides is 1. The number of piperazine rings is 1. The van der Waals surface area contributed by atoms with E-state index >= 15 is 0 Å². The summed E-state index contributed by atoms with van der Waals surface area (Å²) in [5.41, 5.74) is 1.03. The van der Waals surface area contributed by atoms with Crippen LogP contribution < -0.4 is 15.0 Å². The average molecular weight is 450 g/mol. The number of carbonyl (C=O) groups is 1. The first kappa shape index (κ1) is 23.1. The van der Waals surface area contributed by atoms with Gasteiger partial charge in [-0.3, -0.25) is 9.48 Å². The lowest BCUT2D eigenvalue weighted by atomic mass is 10.2.